The van der Waals surface area contributed by atoms with E-state index in [0.717, 1.165) is 39.0 Å². The van der Waals surface area contributed by atoms with Crippen LogP contribution in [0.25, 0.3) is 27.8 Å². The molecule has 4 nitrogen and oxygen atoms in total. The Morgan fingerprint density at radius 3 is 2.33 bits per heavy atom. The second-order valence-electron chi connectivity index (χ2n) is 7.24. The number of fused-ring (bicyclic) bond motifs is 3. The highest BCUT2D eigenvalue weighted by molar-refractivity contribution is 6.32. The number of carbonyl (C=O) groups is 1. The third kappa shape index (κ3) is 3.44. The molecule has 0 saturated heterocycles. The van der Waals surface area contributed by atoms with Gasteiger partial charge >= 0.3 is 5.97 Å². The predicted octanol–water partition coefficient (Wildman–Crippen LogP) is 6.28. The third-order valence-electron chi connectivity index (χ3n) is 5.57. The molecule has 0 radical (unpaired) electrons. The Hall–Kier alpha value is -3.24. The van der Waals surface area contributed by atoms with Crippen molar-refractivity contribution in [2.75, 3.05) is 14.2 Å². The van der Waals surface area contributed by atoms with Crippen molar-refractivity contribution in [2.24, 2.45) is 0 Å². The average molecular weight is 421 g/mol. The molecular weight excluding hydrogens is 400 g/mol. The molecule has 1 aliphatic rings. The summed E-state index contributed by atoms with van der Waals surface area (Å²) in [6.07, 6.45) is -0.0307. The van der Waals surface area contributed by atoms with Crippen LogP contribution in [0.5, 0.6) is 11.5 Å². The monoisotopic (exact) mass is 420 g/mol. The fraction of sp³-hybridized carbons (Fsp3) is 0.160. The molecule has 152 valence electrons. The Morgan fingerprint density at radius 1 is 0.967 bits per heavy atom. The van der Waals surface area contributed by atoms with E-state index in [1.54, 1.807) is 14.2 Å². The zero-order valence-electron chi connectivity index (χ0n) is 16.7. The van der Waals surface area contributed by atoms with Gasteiger partial charge in [0.2, 0.25) is 0 Å². The van der Waals surface area contributed by atoms with Crippen molar-refractivity contribution >= 4 is 23.1 Å². The first-order valence-corrected chi connectivity index (χ1v) is 9.88. The summed E-state index contributed by atoms with van der Waals surface area (Å²) in [5.74, 6) is 0.128. The van der Waals surface area contributed by atoms with Crippen LogP contribution < -0.4 is 9.47 Å². The van der Waals surface area contributed by atoms with Crippen molar-refractivity contribution in [1.29, 1.82) is 0 Å². The van der Waals surface area contributed by atoms with Crippen LogP contribution in [0.1, 0.15) is 23.5 Å². The van der Waals surface area contributed by atoms with Gasteiger partial charge in [0.05, 0.1) is 25.7 Å². The van der Waals surface area contributed by atoms with Gasteiger partial charge < -0.3 is 14.6 Å². The van der Waals surface area contributed by atoms with Gasteiger partial charge in [0.25, 0.3) is 0 Å². The van der Waals surface area contributed by atoms with Crippen LogP contribution in [-0.4, -0.2) is 25.3 Å². The normalized spacial score (nSPS) is 14.6. The van der Waals surface area contributed by atoms with E-state index < -0.39 is 5.97 Å². The topological polar surface area (TPSA) is 55.8 Å². The molecular formula is C25H21ClO4. The Labute approximate surface area is 180 Å². The lowest BCUT2D eigenvalue weighted by Crippen LogP contribution is -2.14. The fourth-order valence-electron chi connectivity index (χ4n) is 4.05. The van der Waals surface area contributed by atoms with Gasteiger partial charge in [-0.1, -0.05) is 42.4 Å². The van der Waals surface area contributed by atoms with Crippen LogP contribution in [0.4, 0.5) is 0 Å². The number of hydrogen-bond acceptors (Lipinski definition) is 3. The van der Waals surface area contributed by atoms with Crippen LogP contribution >= 0.6 is 11.6 Å². The third-order valence-corrected chi connectivity index (χ3v) is 5.87. The minimum Gasteiger partial charge on any atom is -0.497 e. The molecule has 5 heteroatoms. The zero-order chi connectivity index (χ0) is 21.4. The molecule has 0 fully saturated rings. The van der Waals surface area contributed by atoms with Gasteiger partial charge in [-0.15, -0.1) is 0 Å². The first-order valence-electron chi connectivity index (χ1n) is 9.50. The van der Waals surface area contributed by atoms with Crippen LogP contribution in [-0.2, 0) is 4.79 Å². The van der Waals surface area contributed by atoms with Crippen molar-refractivity contribution in [2.45, 2.75) is 12.3 Å². The van der Waals surface area contributed by atoms with Crippen molar-refractivity contribution in [3.63, 3.8) is 0 Å². The minimum absolute atomic E-state index is 0.0307. The molecule has 1 N–H and O–H groups in total. The van der Waals surface area contributed by atoms with Gasteiger partial charge in [-0.05, 0) is 69.3 Å². The summed E-state index contributed by atoms with van der Waals surface area (Å²) in [5, 5.41) is 10.0. The fourth-order valence-corrected chi connectivity index (χ4v) is 4.31. The molecule has 0 aliphatic heterocycles. The number of carboxylic acid groups (broad SMARTS) is 1. The molecule has 0 amide bonds. The van der Waals surface area contributed by atoms with Crippen LogP contribution in [0, 0.1) is 0 Å². The van der Waals surface area contributed by atoms with Gasteiger partial charge in [-0.2, -0.15) is 0 Å². The summed E-state index contributed by atoms with van der Waals surface area (Å²) >= 11 is 6.31. The Balaban J connectivity index is 1.86. The second kappa shape index (κ2) is 7.88. The van der Waals surface area contributed by atoms with Gasteiger partial charge in [0.15, 0.2) is 0 Å². The number of halogens is 1. The predicted molar refractivity (Wildman–Crippen MR) is 119 cm³/mol. The molecule has 3 aromatic rings. The largest absolute Gasteiger partial charge is 0.497 e. The minimum atomic E-state index is -0.864. The first kappa shape index (κ1) is 20.0. The molecule has 0 spiro atoms. The number of carboxylic acids is 1. The molecule has 30 heavy (non-hydrogen) atoms. The molecule has 4 rings (SSSR count). The number of ether oxygens (including phenoxy) is 2. The first-order chi connectivity index (χ1) is 14.4. The molecule has 3 aromatic carbocycles. The van der Waals surface area contributed by atoms with Gasteiger partial charge in [0.1, 0.15) is 11.5 Å². The van der Waals surface area contributed by atoms with Crippen LogP contribution in [0.3, 0.4) is 0 Å². The number of methoxy groups -OCH3 is 2. The molecule has 0 bridgehead atoms. The maximum atomic E-state index is 11.6. The van der Waals surface area contributed by atoms with E-state index in [1.807, 2.05) is 42.5 Å². The van der Waals surface area contributed by atoms with Gasteiger partial charge in [-0.25, -0.2) is 0 Å². The smallest absolute Gasteiger partial charge is 0.304 e. The van der Waals surface area contributed by atoms with Gasteiger partial charge in [-0.3, -0.25) is 4.79 Å². The number of allylic oxidation sites excluding steroid dienone is 1. The van der Waals surface area contributed by atoms with E-state index in [1.165, 1.54) is 0 Å². The molecule has 1 unspecified atom stereocenters. The highest BCUT2D eigenvalue weighted by Crippen LogP contribution is 2.49. The van der Waals surface area contributed by atoms with E-state index in [4.69, 9.17) is 21.1 Å². The van der Waals surface area contributed by atoms with Crippen LogP contribution in [0.15, 0.2) is 61.2 Å². The Morgan fingerprint density at radius 2 is 1.67 bits per heavy atom. The van der Waals surface area contributed by atoms with Crippen molar-refractivity contribution in [1.82, 2.24) is 0 Å². The van der Waals surface area contributed by atoms with Crippen molar-refractivity contribution in [3.8, 4) is 33.8 Å². The van der Waals surface area contributed by atoms with Crippen molar-refractivity contribution in [3.05, 3.63) is 77.3 Å². The van der Waals surface area contributed by atoms with E-state index in [0.29, 0.717) is 16.5 Å². The SMILES string of the molecule is C=C1c2cc(-c3ccc(OC)c(Cl)c3)ccc2-c2ccc(OC)cc2C1CC(=O)O. The molecule has 0 aromatic heterocycles. The Kier molecular flexibility index (Phi) is 5.27. The van der Waals surface area contributed by atoms with E-state index in [9.17, 15) is 9.90 Å². The lowest BCUT2D eigenvalue weighted by atomic mass is 9.74. The molecule has 0 heterocycles. The lowest BCUT2D eigenvalue weighted by Gasteiger charge is -2.30. The summed E-state index contributed by atoms with van der Waals surface area (Å²) in [6.45, 7) is 4.27. The van der Waals surface area contributed by atoms with Gasteiger partial charge in [0, 0.05) is 5.92 Å². The van der Waals surface area contributed by atoms with Crippen LogP contribution in [0.2, 0.25) is 5.02 Å². The molecule has 0 saturated carbocycles. The second-order valence-corrected chi connectivity index (χ2v) is 7.65. The average Bonchev–Trinajstić information content (AvgIpc) is 2.75. The molecule has 1 aliphatic carbocycles. The Bertz CT molecular complexity index is 1170. The van der Waals surface area contributed by atoms with E-state index in [2.05, 4.69) is 18.7 Å². The zero-order valence-corrected chi connectivity index (χ0v) is 17.5. The van der Waals surface area contributed by atoms with E-state index >= 15 is 0 Å². The number of aliphatic carboxylic acids is 1. The standard InChI is InChI=1S/C25H21ClO4/c1-14-20-10-15(16-5-9-24(30-3)23(26)11-16)4-7-18(20)19-8-6-17(29-2)12-22(19)21(14)13-25(27)28/h4-12,21H,1,13H2,2-3H3,(H,27,28). The maximum Gasteiger partial charge on any atom is 0.304 e. The number of benzene rings is 3. The summed E-state index contributed by atoms with van der Waals surface area (Å²) < 4.78 is 10.6. The summed E-state index contributed by atoms with van der Waals surface area (Å²) in [5.41, 5.74) is 6.62. The highest BCUT2D eigenvalue weighted by atomic mass is 35.5. The number of rotatable bonds is 5. The number of hydrogen-bond donors (Lipinski definition) is 1. The lowest BCUT2D eigenvalue weighted by molar-refractivity contribution is -0.137. The maximum absolute atomic E-state index is 11.6. The van der Waals surface area contributed by atoms with E-state index in [-0.39, 0.29) is 12.3 Å². The summed E-state index contributed by atoms with van der Waals surface area (Å²) in [4.78, 5) is 11.6. The highest BCUT2D eigenvalue weighted by Gasteiger charge is 2.30. The van der Waals surface area contributed by atoms with Crippen molar-refractivity contribution < 1.29 is 19.4 Å². The quantitative estimate of drug-likeness (QED) is 0.528. The summed E-state index contributed by atoms with van der Waals surface area (Å²) in [7, 11) is 3.19. The molecule has 1 atom stereocenters. The summed E-state index contributed by atoms with van der Waals surface area (Å²) in [6, 6.07) is 17.6.